The van der Waals surface area contributed by atoms with Gasteiger partial charge in [-0.2, -0.15) is 0 Å². The quantitative estimate of drug-likeness (QED) is 0.773. The van der Waals surface area contributed by atoms with Crippen molar-refractivity contribution < 1.29 is 4.79 Å². The van der Waals surface area contributed by atoms with Crippen molar-refractivity contribution in [2.45, 2.75) is 33.7 Å². The lowest BCUT2D eigenvalue weighted by Crippen LogP contribution is -2.15. The molecule has 2 aromatic carbocycles. The summed E-state index contributed by atoms with van der Waals surface area (Å²) in [7, 11) is 0. The summed E-state index contributed by atoms with van der Waals surface area (Å²) in [6.45, 7) is 6.56. The fourth-order valence-corrected chi connectivity index (χ4v) is 2.67. The molecule has 25 heavy (non-hydrogen) atoms. The maximum absolute atomic E-state index is 12.5. The number of rotatable bonds is 5. The summed E-state index contributed by atoms with van der Waals surface area (Å²) in [5.41, 5.74) is 5.35. The van der Waals surface area contributed by atoms with Crippen molar-refractivity contribution >= 4 is 11.6 Å². The van der Waals surface area contributed by atoms with Crippen LogP contribution in [0.5, 0.6) is 0 Å². The van der Waals surface area contributed by atoms with E-state index < -0.39 is 0 Å². The van der Waals surface area contributed by atoms with Crippen molar-refractivity contribution in [3.8, 4) is 0 Å². The summed E-state index contributed by atoms with van der Waals surface area (Å²) in [4.78, 5) is 12.5. The van der Waals surface area contributed by atoms with Crippen molar-refractivity contribution in [1.29, 1.82) is 0 Å². The first-order valence-electron chi connectivity index (χ1n) is 8.43. The van der Waals surface area contributed by atoms with E-state index in [1.54, 1.807) is 4.68 Å². The number of nitrogens with zero attached hydrogens (tertiary/aromatic N) is 3. The molecule has 1 N–H and O–H groups in total. The number of carbonyl (C=O) groups is 1. The van der Waals surface area contributed by atoms with Gasteiger partial charge in [0.1, 0.15) is 0 Å². The van der Waals surface area contributed by atoms with Gasteiger partial charge in [-0.1, -0.05) is 54.6 Å². The van der Waals surface area contributed by atoms with Crippen LogP contribution in [0.4, 0.5) is 5.69 Å². The van der Waals surface area contributed by atoms with Gasteiger partial charge in [-0.15, -0.1) is 5.10 Å². The number of aryl methyl sites for hydroxylation is 2. The van der Waals surface area contributed by atoms with Crippen LogP contribution in [-0.2, 0) is 13.0 Å². The minimum atomic E-state index is -0.237. The molecule has 1 heterocycles. The van der Waals surface area contributed by atoms with Gasteiger partial charge in [0.2, 0.25) is 0 Å². The Morgan fingerprint density at radius 1 is 1.04 bits per heavy atom. The average Bonchev–Trinajstić information content (AvgIpc) is 2.98. The molecular formula is C20H22N4O. The predicted molar refractivity (Wildman–Crippen MR) is 98.8 cm³/mol. The molecular weight excluding hydrogens is 312 g/mol. The van der Waals surface area contributed by atoms with E-state index >= 15 is 0 Å². The molecule has 0 aliphatic heterocycles. The number of aromatic nitrogens is 3. The molecule has 0 aliphatic carbocycles. The molecule has 0 bridgehead atoms. The molecule has 0 aliphatic rings. The summed E-state index contributed by atoms with van der Waals surface area (Å²) in [5.74, 6) is -0.237. The lowest BCUT2D eigenvalue weighted by Gasteiger charge is -2.07. The number of nitrogens with one attached hydrogen (secondary N) is 1. The Morgan fingerprint density at radius 3 is 2.40 bits per heavy atom. The third kappa shape index (κ3) is 3.76. The maximum atomic E-state index is 12.5. The first-order valence-corrected chi connectivity index (χ1v) is 8.43. The van der Waals surface area contributed by atoms with Crippen LogP contribution in [0.25, 0.3) is 0 Å². The molecule has 5 nitrogen and oxygen atoms in total. The van der Waals surface area contributed by atoms with Gasteiger partial charge < -0.3 is 5.32 Å². The predicted octanol–water partition coefficient (Wildman–Crippen LogP) is 3.76. The lowest BCUT2D eigenvalue weighted by molar-refractivity contribution is 0.102. The fraction of sp³-hybridized carbons (Fsp3) is 0.250. The molecule has 5 heteroatoms. The van der Waals surface area contributed by atoms with Crippen molar-refractivity contribution in [3.63, 3.8) is 0 Å². The van der Waals surface area contributed by atoms with Gasteiger partial charge in [0.05, 0.1) is 12.2 Å². The number of para-hydroxylation sites is 1. The molecule has 0 saturated carbocycles. The van der Waals surface area contributed by atoms with Crippen molar-refractivity contribution in [2.24, 2.45) is 0 Å². The Labute approximate surface area is 147 Å². The van der Waals surface area contributed by atoms with Crippen molar-refractivity contribution in [3.05, 3.63) is 76.6 Å². The highest BCUT2D eigenvalue weighted by atomic mass is 16.2. The standard InChI is InChI=1S/C20H22N4O/c1-4-16-9-11-17(12-10-16)13-24-15(3)19(22-23-24)20(25)21-18-8-6-5-7-14(18)2/h5-12H,4,13H2,1-3H3,(H,21,25). The number of hydrogen-bond donors (Lipinski definition) is 1. The lowest BCUT2D eigenvalue weighted by atomic mass is 10.1. The molecule has 128 valence electrons. The largest absolute Gasteiger partial charge is 0.320 e. The number of anilines is 1. The Bertz CT molecular complexity index is 881. The number of carbonyl (C=O) groups excluding carboxylic acids is 1. The third-order valence-electron chi connectivity index (χ3n) is 4.35. The first-order chi connectivity index (χ1) is 12.1. The third-order valence-corrected chi connectivity index (χ3v) is 4.35. The van der Waals surface area contributed by atoms with Gasteiger partial charge in [0, 0.05) is 5.69 Å². The number of benzene rings is 2. The SMILES string of the molecule is CCc1ccc(Cn2nnc(C(=O)Nc3ccccc3C)c2C)cc1. The van der Waals surface area contributed by atoms with Crippen molar-refractivity contribution in [1.82, 2.24) is 15.0 Å². The average molecular weight is 334 g/mol. The summed E-state index contributed by atoms with van der Waals surface area (Å²) in [6.07, 6.45) is 1.02. The van der Waals surface area contributed by atoms with Gasteiger partial charge in [-0.25, -0.2) is 4.68 Å². The molecule has 0 atom stereocenters. The van der Waals surface area contributed by atoms with E-state index in [-0.39, 0.29) is 5.91 Å². The Hall–Kier alpha value is -2.95. The van der Waals surface area contributed by atoms with Gasteiger partial charge in [-0.3, -0.25) is 4.79 Å². The molecule has 0 radical (unpaired) electrons. The number of amides is 1. The molecule has 0 saturated heterocycles. The first kappa shape index (κ1) is 16.9. The zero-order valence-electron chi connectivity index (χ0n) is 14.8. The maximum Gasteiger partial charge on any atom is 0.278 e. The normalized spacial score (nSPS) is 10.7. The zero-order valence-corrected chi connectivity index (χ0v) is 14.8. The summed E-state index contributed by atoms with van der Waals surface area (Å²) >= 11 is 0. The smallest absolute Gasteiger partial charge is 0.278 e. The van der Waals surface area contributed by atoms with Crippen LogP contribution in [0.15, 0.2) is 48.5 Å². The Kier molecular flexibility index (Phi) is 4.93. The van der Waals surface area contributed by atoms with E-state index in [9.17, 15) is 4.79 Å². The summed E-state index contributed by atoms with van der Waals surface area (Å²) in [5, 5.41) is 11.1. The highest BCUT2D eigenvalue weighted by Gasteiger charge is 2.17. The minimum absolute atomic E-state index is 0.237. The molecule has 0 spiro atoms. The monoisotopic (exact) mass is 334 g/mol. The Morgan fingerprint density at radius 2 is 1.72 bits per heavy atom. The van der Waals surface area contributed by atoms with Crippen LogP contribution in [0.3, 0.4) is 0 Å². The van der Waals surface area contributed by atoms with E-state index in [1.807, 2.05) is 38.1 Å². The molecule has 3 aromatic rings. The molecule has 3 rings (SSSR count). The van der Waals surface area contributed by atoms with Crippen LogP contribution in [0, 0.1) is 13.8 Å². The topological polar surface area (TPSA) is 59.8 Å². The summed E-state index contributed by atoms with van der Waals surface area (Å²) < 4.78 is 1.76. The van der Waals surface area contributed by atoms with E-state index in [2.05, 4.69) is 46.8 Å². The van der Waals surface area contributed by atoms with E-state index in [0.29, 0.717) is 12.2 Å². The van der Waals surface area contributed by atoms with E-state index in [1.165, 1.54) is 5.56 Å². The van der Waals surface area contributed by atoms with Crippen LogP contribution in [-0.4, -0.2) is 20.9 Å². The molecule has 0 unspecified atom stereocenters. The van der Waals surface area contributed by atoms with Gasteiger partial charge in [-0.05, 0) is 43.0 Å². The van der Waals surface area contributed by atoms with Crippen LogP contribution >= 0.6 is 0 Å². The highest BCUT2D eigenvalue weighted by molar-refractivity contribution is 6.03. The zero-order chi connectivity index (χ0) is 17.8. The van der Waals surface area contributed by atoms with Gasteiger partial charge in [0.15, 0.2) is 5.69 Å². The highest BCUT2D eigenvalue weighted by Crippen LogP contribution is 2.16. The Balaban J connectivity index is 1.76. The summed E-state index contributed by atoms with van der Waals surface area (Å²) in [6, 6.07) is 16.1. The molecule has 0 fully saturated rings. The van der Waals surface area contributed by atoms with Gasteiger partial charge in [0.25, 0.3) is 5.91 Å². The second-order valence-electron chi connectivity index (χ2n) is 6.12. The minimum Gasteiger partial charge on any atom is -0.320 e. The second-order valence-corrected chi connectivity index (χ2v) is 6.12. The van der Waals surface area contributed by atoms with E-state index in [4.69, 9.17) is 0 Å². The molecule has 1 amide bonds. The second kappa shape index (κ2) is 7.30. The van der Waals surface area contributed by atoms with Crippen molar-refractivity contribution in [2.75, 3.05) is 5.32 Å². The van der Waals surface area contributed by atoms with Crippen LogP contribution < -0.4 is 5.32 Å². The van der Waals surface area contributed by atoms with Gasteiger partial charge >= 0.3 is 0 Å². The van der Waals surface area contributed by atoms with Crippen LogP contribution in [0.1, 0.15) is 39.8 Å². The molecule has 1 aromatic heterocycles. The van der Waals surface area contributed by atoms with E-state index in [0.717, 1.165) is 28.9 Å². The number of hydrogen-bond acceptors (Lipinski definition) is 3. The fourth-order valence-electron chi connectivity index (χ4n) is 2.67. The van der Waals surface area contributed by atoms with Crippen LogP contribution in [0.2, 0.25) is 0 Å².